The molecule has 2 aromatic carbocycles. The van der Waals surface area contributed by atoms with Crippen molar-refractivity contribution in [3.05, 3.63) is 90.8 Å². The van der Waals surface area contributed by atoms with E-state index in [1.54, 1.807) is 58.1 Å². The molecular formula is C26H27FN4O2. The highest BCUT2D eigenvalue weighted by molar-refractivity contribution is 5.91. The SMILES string of the molecule is C=CCN1CCN(C(=O)c2nccn2C)C[C@@H](Cc2ccc(-c3ccccc3F)cc2)C1=O. The first-order chi connectivity index (χ1) is 16.0. The Hall–Kier alpha value is -3.74. The molecule has 0 bridgehead atoms. The van der Waals surface area contributed by atoms with Gasteiger partial charge in [0.15, 0.2) is 5.82 Å². The topological polar surface area (TPSA) is 58.4 Å². The Bertz CT molecular complexity index is 1160. The van der Waals surface area contributed by atoms with Crippen LogP contribution in [0.2, 0.25) is 0 Å². The first-order valence-electron chi connectivity index (χ1n) is 11.0. The van der Waals surface area contributed by atoms with Gasteiger partial charge in [-0.3, -0.25) is 9.59 Å². The lowest BCUT2D eigenvalue weighted by Crippen LogP contribution is -2.38. The van der Waals surface area contributed by atoms with Crippen molar-refractivity contribution < 1.29 is 14.0 Å². The Morgan fingerprint density at radius 2 is 1.94 bits per heavy atom. The first kappa shape index (κ1) is 22.5. The van der Waals surface area contributed by atoms with E-state index in [2.05, 4.69) is 11.6 Å². The zero-order valence-corrected chi connectivity index (χ0v) is 18.7. The van der Waals surface area contributed by atoms with Crippen LogP contribution in [0.3, 0.4) is 0 Å². The molecule has 7 heteroatoms. The van der Waals surface area contributed by atoms with E-state index >= 15 is 0 Å². The maximum absolute atomic E-state index is 14.1. The highest BCUT2D eigenvalue weighted by Crippen LogP contribution is 2.24. The molecule has 2 amide bonds. The smallest absolute Gasteiger partial charge is 0.289 e. The molecule has 1 aromatic heterocycles. The number of aryl methyl sites for hydroxylation is 1. The summed E-state index contributed by atoms with van der Waals surface area (Å²) in [4.78, 5) is 34.0. The van der Waals surface area contributed by atoms with Gasteiger partial charge in [0.05, 0.1) is 5.92 Å². The fraction of sp³-hybridized carbons (Fsp3) is 0.269. The van der Waals surface area contributed by atoms with Gasteiger partial charge >= 0.3 is 0 Å². The Morgan fingerprint density at radius 3 is 2.61 bits per heavy atom. The van der Waals surface area contributed by atoms with Crippen LogP contribution in [0.15, 0.2) is 73.6 Å². The number of halogens is 1. The number of carbonyl (C=O) groups excluding carboxylic acids is 2. The molecule has 4 rings (SSSR count). The van der Waals surface area contributed by atoms with Crippen LogP contribution in [0, 0.1) is 11.7 Å². The van der Waals surface area contributed by atoms with Gasteiger partial charge in [-0.25, -0.2) is 9.37 Å². The highest BCUT2D eigenvalue weighted by atomic mass is 19.1. The molecule has 1 saturated heterocycles. The lowest BCUT2D eigenvalue weighted by molar-refractivity contribution is -0.134. The van der Waals surface area contributed by atoms with E-state index < -0.39 is 5.92 Å². The predicted molar refractivity (Wildman–Crippen MR) is 125 cm³/mol. The third kappa shape index (κ3) is 4.87. The van der Waals surface area contributed by atoms with Crippen LogP contribution in [-0.2, 0) is 18.3 Å². The van der Waals surface area contributed by atoms with E-state index in [-0.39, 0.29) is 17.6 Å². The minimum atomic E-state index is -0.393. The third-order valence-corrected chi connectivity index (χ3v) is 6.01. The minimum absolute atomic E-state index is 0.00298. The zero-order chi connectivity index (χ0) is 23.4. The van der Waals surface area contributed by atoms with Gasteiger partial charge in [-0.05, 0) is 23.6 Å². The second-order valence-corrected chi connectivity index (χ2v) is 8.26. The Balaban J connectivity index is 1.56. The van der Waals surface area contributed by atoms with Gasteiger partial charge < -0.3 is 14.4 Å². The van der Waals surface area contributed by atoms with Crippen LogP contribution >= 0.6 is 0 Å². The number of benzene rings is 2. The van der Waals surface area contributed by atoms with Crippen LogP contribution in [-0.4, -0.2) is 57.3 Å². The predicted octanol–water partition coefficient (Wildman–Crippen LogP) is 3.56. The largest absolute Gasteiger partial charge is 0.337 e. The molecule has 0 radical (unpaired) electrons. The standard InChI is InChI=1S/C26H27FN4O2/c1-3-13-30-15-16-31(26(33)24-28-12-14-29(24)2)18-21(25(30)32)17-19-8-10-20(11-9-19)22-6-4-5-7-23(22)27/h3-12,14,21H,1,13,15-18H2,2H3/t21-/m1/s1. The number of nitrogens with zero attached hydrogens (tertiary/aromatic N) is 4. The summed E-state index contributed by atoms with van der Waals surface area (Å²) in [5.74, 6) is -0.491. The molecule has 1 atom stereocenters. The summed E-state index contributed by atoms with van der Waals surface area (Å²) >= 11 is 0. The van der Waals surface area contributed by atoms with Crippen molar-refractivity contribution in [2.24, 2.45) is 13.0 Å². The summed E-state index contributed by atoms with van der Waals surface area (Å²) in [6.07, 6.45) is 5.51. The molecule has 1 fully saturated rings. The van der Waals surface area contributed by atoms with Gasteiger partial charge in [-0.1, -0.05) is 48.5 Å². The zero-order valence-electron chi connectivity index (χ0n) is 18.7. The number of hydrogen-bond acceptors (Lipinski definition) is 3. The van der Waals surface area contributed by atoms with E-state index in [1.807, 2.05) is 24.3 Å². The number of aromatic nitrogens is 2. The van der Waals surface area contributed by atoms with Crippen LogP contribution in [0.5, 0.6) is 0 Å². The van der Waals surface area contributed by atoms with E-state index in [9.17, 15) is 14.0 Å². The van der Waals surface area contributed by atoms with Crippen molar-refractivity contribution in [3.8, 4) is 11.1 Å². The molecule has 0 spiro atoms. The van der Waals surface area contributed by atoms with Gasteiger partial charge in [-0.2, -0.15) is 0 Å². The molecule has 1 aliphatic rings. The van der Waals surface area contributed by atoms with Crippen LogP contribution in [0.25, 0.3) is 11.1 Å². The van der Waals surface area contributed by atoms with E-state index in [4.69, 9.17) is 0 Å². The maximum Gasteiger partial charge on any atom is 0.289 e. The first-order valence-corrected chi connectivity index (χ1v) is 11.0. The average molecular weight is 447 g/mol. The average Bonchev–Trinajstić information content (AvgIpc) is 3.19. The molecule has 0 unspecified atom stereocenters. The van der Waals surface area contributed by atoms with Crippen molar-refractivity contribution in [3.63, 3.8) is 0 Å². The number of imidazole rings is 1. The summed E-state index contributed by atoms with van der Waals surface area (Å²) in [6, 6.07) is 14.2. The van der Waals surface area contributed by atoms with Crippen LogP contribution in [0.4, 0.5) is 4.39 Å². The Kier molecular flexibility index (Phi) is 6.68. The van der Waals surface area contributed by atoms with Crippen molar-refractivity contribution in [1.29, 1.82) is 0 Å². The van der Waals surface area contributed by atoms with Crippen molar-refractivity contribution in [1.82, 2.24) is 19.4 Å². The lowest BCUT2D eigenvalue weighted by Gasteiger charge is -2.23. The number of hydrogen-bond donors (Lipinski definition) is 0. The summed E-state index contributed by atoms with van der Waals surface area (Å²) in [5.41, 5.74) is 2.28. The molecule has 3 aromatic rings. The Labute approximate surface area is 193 Å². The molecule has 1 aliphatic heterocycles. The second kappa shape index (κ2) is 9.81. The van der Waals surface area contributed by atoms with E-state index in [0.717, 1.165) is 11.1 Å². The fourth-order valence-electron chi connectivity index (χ4n) is 4.23. The molecule has 170 valence electrons. The van der Waals surface area contributed by atoms with Gasteiger partial charge in [0.2, 0.25) is 5.91 Å². The second-order valence-electron chi connectivity index (χ2n) is 8.26. The monoisotopic (exact) mass is 446 g/mol. The van der Waals surface area contributed by atoms with E-state index in [1.165, 1.54) is 6.07 Å². The number of amides is 2. The quantitative estimate of drug-likeness (QED) is 0.544. The molecular weight excluding hydrogens is 419 g/mol. The summed E-state index contributed by atoms with van der Waals surface area (Å²) in [7, 11) is 1.78. The highest BCUT2D eigenvalue weighted by Gasteiger charge is 2.33. The summed E-state index contributed by atoms with van der Waals surface area (Å²) < 4.78 is 15.8. The molecule has 33 heavy (non-hydrogen) atoms. The molecule has 6 nitrogen and oxygen atoms in total. The van der Waals surface area contributed by atoms with Crippen LogP contribution in [0.1, 0.15) is 16.2 Å². The summed E-state index contributed by atoms with van der Waals surface area (Å²) in [5, 5.41) is 0. The maximum atomic E-state index is 14.1. The lowest BCUT2D eigenvalue weighted by atomic mass is 9.95. The number of carbonyl (C=O) groups is 2. The van der Waals surface area contributed by atoms with Crippen molar-refractivity contribution in [2.75, 3.05) is 26.2 Å². The number of rotatable bonds is 6. The van der Waals surface area contributed by atoms with Gasteiger partial charge in [0.1, 0.15) is 5.82 Å². The summed E-state index contributed by atoms with van der Waals surface area (Å²) in [6.45, 7) is 5.40. The van der Waals surface area contributed by atoms with Crippen LogP contribution < -0.4 is 0 Å². The minimum Gasteiger partial charge on any atom is -0.337 e. The van der Waals surface area contributed by atoms with E-state index in [0.29, 0.717) is 44.0 Å². The molecule has 0 saturated carbocycles. The van der Waals surface area contributed by atoms with Crippen molar-refractivity contribution >= 4 is 11.8 Å². The molecule has 2 heterocycles. The van der Waals surface area contributed by atoms with Gasteiger partial charge in [-0.15, -0.1) is 6.58 Å². The third-order valence-electron chi connectivity index (χ3n) is 6.01. The fourth-order valence-corrected chi connectivity index (χ4v) is 4.23. The molecule has 0 aliphatic carbocycles. The molecule has 0 N–H and O–H groups in total. The van der Waals surface area contributed by atoms with Crippen molar-refractivity contribution in [2.45, 2.75) is 6.42 Å². The normalized spacial score (nSPS) is 16.5. The van der Waals surface area contributed by atoms with Gasteiger partial charge in [0.25, 0.3) is 5.91 Å². The Morgan fingerprint density at radius 1 is 1.18 bits per heavy atom. The van der Waals surface area contributed by atoms with Gasteiger partial charge in [0, 0.05) is 51.2 Å².